The highest BCUT2D eigenvalue weighted by Crippen LogP contribution is 2.05. The maximum absolute atomic E-state index is 11.7. The van der Waals surface area contributed by atoms with E-state index in [1.165, 1.54) is 0 Å². The van der Waals surface area contributed by atoms with E-state index in [1.807, 2.05) is 13.8 Å². The number of hydrogen-bond acceptors (Lipinski definition) is 2. The molecule has 0 rings (SSSR count). The summed E-state index contributed by atoms with van der Waals surface area (Å²) in [4.78, 5) is 14.0. The summed E-state index contributed by atoms with van der Waals surface area (Å²) < 4.78 is 0. The predicted octanol–water partition coefficient (Wildman–Crippen LogP) is 2.37. The van der Waals surface area contributed by atoms with Crippen LogP contribution in [0.15, 0.2) is 0 Å². The van der Waals surface area contributed by atoms with Crippen LogP contribution in [0, 0.1) is 11.8 Å². The Bertz CT molecular complexity index is 208. The van der Waals surface area contributed by atoms with E-state index in [1.54, 1.807) is 0 Å². The van der Waals surface area contributed by atoms with Gasteiger partial charge in [-0.05, 0) is 25.9 Å². The number of amides is 1. The van der Waals surface area contributed by atoms with Crippen LogP contribution in [0.1, 0.15) is 42.5 Å². The van der Waals surface area contributed by atoms with Gasteiger partial charge in [0, 0.05) is 19.9 Å². The van der Waals surface area contributed by atoms with Gasteiger partial charge in [0.05, 0.1) is 0 Å². The molecule has 0 saturated carbocycles. The lowest BCUT2D eigenvalue weighted by molar-refractivity contribution is -0.125. The summed E-state index contributed by atoms with van der Waals surface area (Å²) in [5.41, 5.74) is 0. The second-order valence-corrected chi connectivity index (χ2v) is 5.28. The van der Waals surface area contributed by atoms with Gasteiger partial charge in [-0.1, -0.05) is 34.6 Å². The van der Waals surface area contributed by atoms with E-state index in [9.17, 15) is 4.79 Å². The highest BCUT2D eigenvalue weighted by atomic mass is 16.1. The van der Waals surface area contributed by atoms with Crippen molar-refractivity contribution in [3.05, 3.63) is 0 Å². The Balaban J connectivity index is 0. The molecule has 0 saturated heterocycles. The van der Waals surface area contributed by atoms with Gasteiger partial charge in [0.1, 0.15) is 0 Å². The Morgan fingerprint density at radius 1 is 1.31 bits per heavy atom. The monoisotopic (exact) mass is 230 g/mol. The van der Waals surface area contributed by atoms with Crippen LogP contribution in [0.3, 0.4) is 0 Å². The molecule has 0 aliphatic rings. The number of nitrogens with zero attached hydrogens (tertiary/aromatic N) is 1. The number of carbonyl (C=O) groups excluding carboxylic acids is 1. The number of likely N-dealkylation sites (N-methyl/N-ethyl adjacent to an activating group) is 1. The first-order valence-electron chi connectivity index (χ1n) is 6.37. The van der Waals surface area contributed by atoms with Gasteiger partial charge in [0.15, 0.2) is 0 Å². The van der Waals surface area contributed by atoms with E-state index >= 15 is 0 Å². The smallest absolute Gasteiger partial charge is 0.222 e. The highest BCUT2D eigenvalue weighted by Gasteiger charge is 2.19. The van der Waals surface area contributed by atoms with Crippen molar-refractivity contribution in [2.75, 3.05) is 20.1 Å². The van der Waals surface area contributed by atoms with Crippen LogP contribution in [0.4, 0.5) is 0 Å². The van der Waals surface area contributed by atoms with Crippen LogP contribution in [-0.4, -0.2) is 37.0 Å². The molecule has 1 atom stereocenters. The van der Waals surface area contributed by atoms with Crippen molar-refractivity contribution in [1.29, 1.82) is 0 Å². The lowest BCUT2D eigenvalue weighted by atomic mass is 10.0. The number of carbonyl (C=O) groups is 1. The first kappa shape index (κ1) is 15.4. The molecule has 0 unspecified atom stereocenters. The molecule has 98 valence electrons. The second-order valence-electron chi connectivity index (χ2n) is 5.28. The number of nitrogens with one attached hydrogen (secondary N) is 1. The molecule has 0 fully saturated rings. The van der Waals surface area contributed by atoms with Gasteiger partial charge < -0.3 is 10.2 Å². The van der Waals surface area contributed by atoms with Crippen molar-refractivity contribution in [3.63, 3.8) is 0 Å². The summed E-state index contributed by atoms with van der Waals surface area (Å²) in [7, 11) is 2.11. The van der Waals surface area contributed by atoms with Gasteiger partial charge in [-0.2, -0.15) is 0 Å². The Morgan fingerprint density at radius 2 is 1.88 bits per heavy atom. The maximum atomic E-state index is 11.7. The standard InChI is InChI=1S/C13H28N2O.H2/c1-7-8-15(6)9-12(10(2)3)14-13(16)11(4)5;/h10-12H,7-9H2,1-6H3,(H,14,16);1H/t12-;/m0./s1. The summed E-state index contributed by atoms with van der Waals surface area (Å²) in [6.45, 7) is 12.4. The van der Waals surface area contributed by atoms with E-state index in [0.29, 0.717) is 5.92 Å². The Labute approximate surface area is 102 Å². The van der Waals surface area contributed by atoms with Gasteiger partial charge in [0.25, 0.3) is 0 Å². The lowest BCUT2D eigenvalue weighted by Crippen LogP contribution is -2.47. The number of hydrogen-bond donors (Lipinski definition) is 1. The molecule has 1 amide bonds. The van der Waals surface area contributed by atoms with Crippen molar-refractivity contribution >= 4 is 5.91 Å². The van der Waals surface area contributed by atoms with Gasteiger partial charge in [0.2, 0.25) is 5.91 Å². The molecule has 0 spiro atoms. The topological polar surface area (TPSA) is 32.3 Å². The van der Waals surface area contributed by atoms with Crippen LogP contribution in [0.25, 0.3) is 0 Å². The summed E-state index contributed by atoms with van der Waals surface area (Å²) in [6.07, 6.45) is 1.15. The van der Waals surface area contributed by atoms with E-state index in [0.717, 1.165) is 19.5 Å². The summed E-state index contributed by atoms with van der Waals surface area (Å²) >= 11 is 0. The fraction of sp³-hybridized carbons (Fsp3) is 0.923. The first-order chi connectivity index (χ1) is 7.38. The molecule has 0 aromatic carbocycles. The quantitative estimate of drug-likeness (QED) is 0.728. The van der Waals surface area contributed by atoms with Crippen molar-refractivity contribution < 1.29 is 6.22 Å². The van der Waals surface area contributed by atoms with E-state index < -0.39 is 0 Å². The minimum absolute atomic E-state index is 0. The Kier molecular flexibility index (Phi) is 7.39. The predicted molar refractivity (Wildman–Crippen MR) is 71.5 cm³/mol. The Morgan fingerprint density at radius 3 is 2.25 bits per heavy atom. The molecular formula is C13H30N2O. The van der Waals surface area contributed by atoms with Crippen molar-refractivity contribution in [1.82, 2.24) is 10.2 Å². The zero-order valence-corrected chi connectivity index (χ0v) is 11.7. The first-order valence-corrected chi connectivity index (χ1v) is 6.37. The van der Waals surface area contributed by atoms with Crippen molar-refractivity contribution in [2.24, 2.45) is 11.8 Å². The van der Waals surface area contributed by atoms with Crippen LogP contribution < -0.4 is 5.32 Å². The molecule has 0 aliphatic carbocycles. The molecule has 16 heavy (non-hydrogen) atoms. The zero-order valence-electron chi connectivity index (χ0n) is 11.7. The average molecular weight is 230 g/mol. The minimum Gasteiger partial charge on any atom is -0.352 e. The summed E-state index contributed by atoms with van der Waals surface area (Å²) in [5.74, 6) is 0.698. The zero-order chi connectivity index (χ0) is 12.7. The molecular weight excluding hydrogens is 200 g/mol. The average Bonchev–Trinajstić information content (AvgIpc) is 2.16. The minimum atomic E-state index is 0. The maximum Gasteiger partial charge on any atom is 0.222 e. The molecule has 0 heterocycles. The van der Waals surface area contributed by atoms with Crippen molar-refractivity contribution in [3.8, 4) is 0 Å². The molecule has 0 aromatic heterocycles. The molecule has 3 heteroatoms. The highest BCUT2D eigenvalue weighted by molar-refractivity contribution is 5.78. The molecule has 0 aliphatic heterocycles. The van der Waals surface area contributed by atoms with Crippen molar-refractivity contribution in [2.45, 2.75) is 47.1 Å². The third kappa shape index (κ3) is 6.11. The normalized spacial score (nSPS) is 13.6. The van der Waals surface area contributed by atoms with Gasteiger partial charge in [-0.25, -0.2) is 0 Å². The summed E-state index contributed by atoms with van der Waals surface area (Å²) in [6, 6.07) is 0.256. The summed E-state index contributed by atoms with van der Waals surface area (Å²) in [5, 5.41) is 3.12. The van der Waals surface area contributed by atoms with Gasteiger partial charge in [-0.15, -0.1) is 0 Å². The fourth-order valence-electron chi connectivity index (χ4n) is 1.58. The third-order valence-electron chi connectivity index (χ3n) is 2.77. The second kappa shape index (κ2) is 7.66. The van der Waals surface area contributed by atoms with Crippen LogP contribution in [0.5, 0.6) is 0 Å². The SMILES string of the molecule is CCCN(C)C[C@H](NC(=O)C(C)C)C(C)C.[HH]. The lowest BCUT2D eigenvalue weighted by Gasteiger charge is -2.28. The van der Waals surface area contributed by atoms with Crippen LogP contribution in [-0.2, 0) is 4.79 Å². The largest absolute Gasteiger partial charge is 0.352 e. The van der Waals surface area contributed by atoms with E-state index in [-0.39, 0.29) is 19.3 Å². The van der Waals surface area contributed by atoms with E-state index in [4.69, 9.17) is 0 Å². The third-order valence-corrected chi connectivity index (χ3v) is 2.77. The fourth-order valence-corrected chi connectivity index (χ4v) is 1.58. The molecule has 0 aromatic rings. The van der Waals surface area contributed by atoms with Crippen LogP contribution >= 0.6 is 0 Å². The van der Waals surface area contributed by atoms with E-state index in [2.05, 4.69) is 38.0 Å². The number of rotatable bonds is 7. The van der Waals surface area contributed by atoms with Crippen LogP contribution in [0.2, 0.25) is 0 Å². The molecule has 0 radical (unpaired) electrons. The van der Waals surface area contributed by atoms with Gasteiger partial charge >= 0.3 is 0 Å². The Hall–Kier alpha value is -0.570. The molecule has 0 bridgehead atoms. The molecule has 3 nitrogen and oxygen atoms in total. The van der Waals surface area contributed by atoms with Gasteiger partial charge in [-0.3, -0.25) is 4.79 Å². The molecule has 1 N–H and O–H groups in total.